The number of nitrogens with one attached hydrogen (secondary N) is 2. The fourth-order valence-electron chi connectivity index (χ4n) is 4.80. The van der Waals surface area contributed by atoms with Gasteiger partial charge in [-0.1, -0.05) is 36.4 Å². The first-order valence-corrected chi connectivity index (χ1v) is 12.6. The van der Waals surface area contributed by atoms with Gasteiger partial charge in [-0.05, 0) is 62.7 Å². The fourth-order valence-corrected chi connectivity index (χ4v) is 5.66. The summed E-state index contributed by atoms with van der Waals surface area (Å²) >= 11 is 1.86. The summed E-state index contributed by atoms with van der Waals surface area (Å²) in [7, 11) is 0. The molecule has 1 unspecified atom stereocenters. The topological polar surface area (TPSA) is 48.9 Å². The molecule has 2 aliphatic rings. The second-order valence-electron chi connectivity index (χ2n) is 8.61. The van der Waals surface area contributed by atoms with Gasteiger partial charge >= 0.3 is 0 Å². The van der Waals surface area contributed by atoms with Crippen LogP contribution in [-0.2, 0) is 10.2 Å². The summed E-state index contributed by atoms with van der Waals surface area (Å²) in [5, 5.41) is 9.33. The number of hydrogen-bond donors (Lipinski definition) is 2. The van der Waals surface area contributed by atoms with Gasteiger partial charge in [-0.2, -0.15) is 0 Å². The lowest BCUT2D eigenvalue weighted by Gasteiger charge is -2.36. The highest BCUT2D eigenvalue weighted by Crippen LogP contribution is 2.35. The number of likely N-dealkylation sites (tertiary alicyclic amines) is 1. The molecular weight excluding hydrogens is 404 g/mol. The third-order valence-corrected chi connectivity index (χ3v) is 7.61. The summed E-state index contributed by atoms with van der Waals surface area (Å²) in [6, 6.07) is 15.7. The van der Waals surface area contributed by atoms with Gasteiger partial charge in [0, 0.05) is 36.6 Å². The number of thiophene rings is 1. The van der Waals surface area contributed by atoms with Gasteiger partial charge in [-0.25, -0.2) is 0 Å². The van der Waals surface area contributed by atoms with Crippen molar-refractivity contribution in [2.75, 3.05) is 45.9 Å². The third-order valence-electron chi connectivity index (χ3n) is 6.64. The first kappa shape index (κ1) is 22.3. The predicted molar refractivity (Wildman–Crippen MR) is 130 cm³/mol. The average Bonchev–Trinajstić information content (AvgIpc) is 3.54. The predicted octanol–water partition coefficient (Wildman–Crippen LogP) is 4.19. The lowest BCUT2D eigenvalue weighted by Crippen LogP contribution is -2.44. The molecule has 0 amide bonds. The molecule has 4 rings (SSSR count). The van der Waals surface area contributed by atoms with E-state index in [0.29, 0.717) is 6.04 Å². The number of hydrogen-bond acceptors (Lipinski definition) is 4. The van der Waals surface area contributed by atoms with Gasteiger partial charge in [-0.15, -0.1) is 11.3 Å². The Morgan fingerprint density at radius 2 is 1.87 bits per heavy atom. The molecule has 2 N–H and O–H groups in total. The van der Waals surface area contributed by atoms with Crippen molar-refractivity contribution >= 4 is 17.3 Å². The number of nitrogens with zero attached hydrogens (tertiary/aromatic N) is 2. The van der Waals surface area contributed by atoms with Gasteiger partial charge in [0.2, 0.25) is 0 Å². The first-order valence-electron chi connectivity index (χ1n) is 11.7. The third kappa shape index (κ3) is 5.68. The molecule has 1 aromatic carbocycles. The molecule has 168 valence electrons. The number of ether oxygens (including phenoxy) is 1. The quantitative estimate of drug-likeness (QED) is 0.477. The van der Waals surface area contributed by atoms with Crippen molar-refractivity contribution in [2.45, 2.75) is 44.1 Å². The maximum absolute atomic E-state index is 5.69. The summed E-state index contributed by atoms with van der Waals surface area (Å²) in [6.45, 7) is 8.66. The molecule has 0 aliphatic carbocycles. The van der Waals surface area contributed by atoms with Crippen LogP contribution in [0.1, 0.15) is 49.1 Å². The molecule has 1 aromatic heterocycles. The van der Waals surface area contributed by atoms with Gasteiger partial charge in [0.05, 0.1) is 12.6 Å². The van der Waals surface area contributed by atoms with Crippen molar-refractivity contribution in [1.82, 2.24) is 15.5 Å². The largest absolute Gasteiger partial charge is 0.381 e. The van der Waals surface area contributed by atoms with E-state index in [1.165, 1.54) is 36.4 Å². The zero-order chi connectivity index (χ0) is 21.4. The van der Waals surface area contributed by atoms with Crippen LogP contribution in [0, 0.1) is 0 Å². The SMILES string of the molecule is CCNC(=NCC1(c2ccccc2)CCOCC1)NCC(c1cccs1)N1CCCC1. The highest BCUT2D eigenvalue weighted by molar-refractivity contribution is 7.10. The van der Waals surface area contributed by atoms with Crippen LogP contribution in [0.4, 0.5) is 0 Å². The Kier molecular flexibility index (Phi) is 8.00. The van der Waals surface area contributed by atoms with E-state index in [0.717, 1.165) is 51.6 Å². The monoisotopic (exact) mass is 440 g/mol. The Bertz CT molecular complexity index is 796. The second kappa shape index (κ2) is 11.1. The molecule has 1 atom stereocenters. The molecule has 0 bridgehead atoms. The number of guanidine groups is 1. The molecule has 3 heterocycles. The van der Waals surface area contributed by atoms with E-state index in [1.54, 1.807) is 0 Å². The van der Waals surface area contributed by atoms with Gasteiger partial charge in [0.15, 0.2) is 5.96 Å². The summed E-state index contributed by atoms with van der Waals surface area (Å²) in [5.74, 6) is 0.921. The molecule has 2 aliphatic heterocycles. The smallest absolute Gasteiger partial charge is 0.191 e. The van der Waals surface area contributed by atoms with Crippen LogP contribution in [0.2, 0.25) is 0 Å². The van der Waals surface area contributed by atoms with E-state index in [-0.39, 0.29) is 5.41 Å². The molecule has 2 aromatic rings. The minimum absolute atomic E-state index is 0.0595. The molecule has 31 heavy (non-hydrogen) atoms. The molecule has 5 nitrogen and oxygen atoms in total. The van der Waals surface area contributed by atoms with Crippen LogP contribution < -0.4 is 10.6 Å². The van der Waals surface area contributed by atoms with Crippen LogP contribution in [-0.4, -0.2) is 56.8 Å². The first-order chi connectivity index (χ1) is 15.3. The Morgan fingerprint density at radius 1 is 1.10 bits per heavy atom. The summed E-state index contributed by atoms with van der Waals surface area (Å²) in [5.41, 5.74) is 1.44. The Balaban J connectivity index is 1.48. The van der Waals surface area contributed by atoms with E-state index in [2.05, 4.69) is 70.3 Å². The summed E-state index contributed by atoms with van der Waals surface area (Å²) in [6.07, 6.45) is 4.65. The number of aliphatic imine (C=N–C) groups is 1. The van der Waals surface area contributed by atoms with Gasteiger partial charge in [0.1, 0.15) is 0 Å². The van der Waals surface area contributed by atoms with Crippen LogP contribution in [0.3, 0.4) is 0 Å². The normalized spacial score (nSPS) is 20.5. The van der Waals surface area contributed by atoms with E-state index in [1.807, 2.05) is 11.3 Å². The molecule has 2 fully saturated rings. The Morgan fingerprint density at radius 3 is 2.55 bits per heavy atom. The van der Waals surface area contributed by atoms with Crippen molar-refractivity contribution in [1.29, 1.82) is 0 Å². The van der Waals surface area contributed by atoms with Crippen molar-refractivity contribution in [3.8, 4) is 0 Å². The van der Waals surface area contributed by atoms with Crippen LogP contribution in [0.5, 0.6) is 0 Å². The van der Waals surface area contributed by atoms with Crippen LogP contribution in [0.15, 0.2) is 52.8 Å². The number of rotatable bonds is 8. The maximum Gasteiger partial charge on any atom is 0.191 e. The molecule has 0 saturated carbocycles. The number of benzene rings is 1. The Labute approximate surface area is 190 Å². The van der Waals surface area contributed by atoms with E-state index in [9.17, 15) is 0 Å². The standard InChI is InChI=1S/C25H36N4OS/c1-2-26-24(27-19-22(23-11-8-18-31-23)29-14-6-7-15-29)28-20-25(12-16-30-17-13-25)21-9-4-3-5-10-21/h3-5,8-11,18,22H,2,6-7,12-17,19-20H2,1H3,(H2,26,27,28). The fraction of sp³-hybridized carbons (Fsp3) is 0.560. The van der Waals surface area contributed by atoms with E-state index >= 15 is 0 Å². The summed E-state index contributed by atoms with van der Waals surface area (Å²) in [4.78, 5) is 9.15. The average molecular weight is 441 g/mol. The van der Waals surface area contributed by atoms with Crippen LogP contribution in [0.25, 0.3) is 0 Å². The Hall–Kier alpha value is -1.89. The molecular formula is C25H36N4OS. The van der Waals surface area contributed by atoms with E-state index < -0.39 is 0 Å². The van der Waals surface area contributed by atoms with E-state index in [4.69, 9.17) is 9.73 Å². The lowest BCUT2D eigenvalue weighted by atomic mass is 9.74. The minimum Gasteiger partial charge on any atom is -0.381 e. The van der Waals surface area contributed by atoms with Gasteiger partial charge in [0.25, 0.3) is 0 Å². The molecule has 0 spiro atoms. The van der Waals surface area contributed by atoms with Crippen molar-refractivity contribution in [3.05, 3.63) is 58.3 Å². The lowest BCUT2D eigenvalue weighted by molar-refractivity contribution is 0.0531. The molecule has 0 radical (unpaired) electrons. The molecule has 2 saturated heterocycles. The maximum atomic E-state index is 5.69. The highest BCUT2D eigenvalue weighted by Gasteiger charge is 2.34. The van der Waals surface area contributed by atoms with Crippen molar-refractivity contribution < 1.29 is 4.74 Å². The van der Waals surface area contributed by atoms with Gasteiger partial charge in [-0.3, -0.25) is 9.89 Å². The second-order valence-corrected chi connectivity index (χ2v) is 9.59. The van der Waals surface area contributed by atoms with Gasteiger partial charge < -0.3 is 15.4 Å². The highest BCUT2D eigenvalue weighted by atomic mass is 32.1. The van der Waals surface area contributed by atoms with Crippen molar-refractivity contribution in [2.24, 2.45) is 4.99 Å². The zero-order valence-corrected chi connectivity index (χ0v) is 19.5. The van der Waals surface area contributed by atoms with Crippen molar-refractivity contribution in [3.63, 3.8) is 0 Å². The zero-order valence-electron chi connectivity index (χ0n) is 18.7. The summed E-state index contributed by atoms with van der Waals surface area (Å²) < 4.78 is 5.69. The van der Waals surface area contributed by atoms with Crippen LogP contribution >= 0.6 is 11.3 Å². The molecule has 6 heteroatoms. The minimum atomic E-state index is 0.0595.